The second-order valence-electron chi connectivity index (χ2n) is 6.77. The third kappa shape index (κ3) is 3.72. The molecule has 0 aliphatic heterocycles. The Kier molecular flexibility index (Phi) is 4.82. The fraction of sp³-hybridized carbons (Fsp3) is 0.136. The van der Waals surface area contributed by atoms with Crippen LogP contribution in [0.15, 0.2) is 78.5 Å². The monoisotopic (exact) mass is 402 g/mol. The molecule has 0 amide bonds. The summed E-state index contributed by atoms with van der Waals surface area (Å²) in [5, 5.41) is 6.59. The number of H-pyrrole nitrogens is 1. The van der Waals surface area contributed by atoms with E-state index in [2.05, 4.69) is 10.2 Å². The molecular formula is C22H15F5N2. The van der Waals surface area contributed by atoms with Gasteiger partial charge in [-0.1, -0.05) is 48.6 Å². The number of hydrogen-bond donors (Lipinski definition) is 1. The lowest BCUT2D eigenvalue weighted by Gasteiger charge is -2.27. The number of alkyl halides is 3. The Morgan fingerprint density at radius 2 is 1.69 bits per heavy atom. The van der Waals surface area contributed by atoms with Crippen LogP contribution < -0.4 is 0 Å². The smallest absolute Gasteiger partial charge is 0.277 e. The molecule has 2 unspecified atom stereocenters. The van der Waals surface area contributed by atoms with Gasteiger partial charge in [0, 0.05) is 29.0 Å². The zero-order valence-electron chi connectivity index (χ0n) is 14.9. The molecule has 0 radical (unpaired) electrons. The third-order valence-corrected chi connectivity index (χ3v) is 4.97. The van der Waals surface area contributed by atoms with Gasteiger partial charge in [0.25, 0.3) is 0 Å². The topological polar surface area (TPSA) is 28.7 Å². The van der Waals surface area contributed by atoms with Crippen LogP contribution in [0, 0.1) is 11.6 Å². The van der Waals surface area contributed by atoms with Gasteiger partial charge in [0.05, 0.1) is 17.5 Å². The highest BCUT2D eigenvalue weighted by Gasteiger charge is 2.37. The molecule has 1 aliphatic rings. The lowest BCUT2D eigenvalue weighted by molar-refractivity contribution is -0.0887. The molecule has 0 fully saturated rings. The first kappa shape index (κ1) is 19.1. The van der Waals surface area contributed by atoms with Gasteiger partial charge in [-0.2, -0.15) is 18.3 Å². The number of benzene rings is 2. The number of rotatable bonds is 3. The van der Waals surface area contributed by atoms with Crippen molar-refractivity contribution >= 4 is 0 Å². The second kappa shape index (κ2) is 7.31. The molecule has 0 saturated carbocycles. The Morgan fingerprint density at radius 3 is 2.38 bits per heavy atom. The summed E-state index contributed by atoms with van der Waals surface area (Å²) in [6.07, 6.45) is 0.574. The van der Waals surface area contributed by atoms with E-state index in [4.69, 9.17) is 0 Å². The normalized spacial score (nSPS) is 19.3. The highest BCUT2D eigenvalue weighted by atomic mass is 19.4. The van der Waals surface area contributed by atoms with Gasteiger partial charge >= 0.3 is 6.18 Å². The van der Waals surface area contributed by atoms with Crippen molar-refractivity contribution in [2.45, 2.75) is 18.0 Å². The van der Waals surface area contributed by atoms with Gasteiger partial charge in [-0.15, -0.1) is 0 Å². The summed E-state index contributed by atoms with van der Waals surface area (Å²) >= 11 is 0. The highest BCUT2D eigenvalue weighted by molar-refractivity contribution is 5.65. The maximum Gasteiger partial charge on any atom is 0.416 e. The molecule has 2 nitrogen and oxygen atoms in total. The molecule has 2 aromatic carbocycles. The standard InChI is InChI=1S/C22H15F5N2/c23-15-7-9-17(20(24)11-15)21-19(12-28-29-21)18-10-14(22(25,26)27)6-8-16(18)13-4-2-1-3-5-13/h1-12,16,18H,(H,28,29). The molecule has 3 aromatic rings. The second-order valence-corrected chi connectivity index (χ2v) is 6.77. The minimum Gasteiger partial charge on any atom is -0.277 e. The number of hydrogen-bond acceptors (Lipinski definition) is 1. The highest BCUT2D eigenvalue weighted by Crippen LogP contribution is 2.45. The number of nitrogens with one attached hydrogen (secondary N) is 1. The first-order chi connectivity index (χ1) is 13.8. The molecule has 1 heterocycles. The Morgan fingerprint density at radius 1 is 0.931 bits per heavy atom. The van der Waals surface area contributed by atoms with Crippen molar-refractivity contribution in [3.63, 3.8) is 0 Å². The largest absolute Gasteiger partial charge is 0.416 e. The van der Waals surface area contributed by atoms with Crippen LogP contribution in [0.25, 0.3) is 11.3 Å². The molecule has 4 rings (SSSR count). The number of allylic oxidation sites excluding steroid dienone is 4. The van der Waals surface area contributed by atoms with E-state index in [1.165, 1.54) is 18.3 Å². The molecule has 0 saturated heterocycles. The fourth-order valence-electron chi connectivity index (χ4n) is 3.60. The van der Waals surface area contributed by atoms with Crippen molar-refractivity contribution < 1.29 is 22.0 Å². The van der Waals surface area contributed by atoms with E-state index in [1.807, 2.05) is 18.2 Å². The molecule has 1 aromatic heterocycles. The predicted octanol–water partition coefficient (Wildman–Crippen LogP) is 6.28. The average Bonchev–Trinajstić information content (AvgIpc) is 3.17. The Hall–Kier alpha value is -3.22. The van der Waals surface area contributed by atoms with Gasteiger partial charge < -0.3 is 0 Å². The van der Waals surface area contributed by atoms with Crippen molar-refractivity contribution in [2.75, 3.05) is 0 Å². The Balaban J connectivity index is 1.85. The SMILES string of the molecule is Fc1ccc(-c2[nH]ncc2C2C=C(C(F)(F)F)C=CC2c2ccccc2)c(F)c1. The van der Waals surface area contributed by atoms with Crippen LogP contribution in [0.3, 0.4) is 0 Å². The van der Waals surface area contributed by atoms with E-state index in [1.54, 1.807) is 12.1 Å². The van der Waals surface area contributed by atoms with Crippen molar-refractivity contribution in [3.8, 4) is 11.3 Å². The van der Waals surface area contributed by atoms with Gasteiger partial charge in [-0.3, -0.25) is 5.10 Å². The van der Waals surface area contributed by atoms with E-state index in [9.17, 15) is 22.0 Å². The van der Waals surface area contributed by atoms with Gasteiger partial charge in [0.2, 0.25) is 0 Å². The summed E-state index contributed by atoms with van der Waals surface area (Å²) in [5.74, 6) is -2.70. The fourth-order valence-corrected chi connectivity index (χ4v) is 3.60. The zero-order valence-corrected chi connectivity index (χ0v) is 14.9. The van der Waals surface area contributed by atoms with E-state index >= 15 is 0 Å². The summed E-state index contributed by atoms with van der Waals surface area (Å²) in [6.45, 7) is 0. The van der Waals surface area contributed by atoms with Crippen LogP contribution in [0.4, 0.5) is 22.0 Å². The minimum atomic E-state index is -4.51. The summed E-state index contributed by atoms with van der Waals surface area (Å²) in [7, 11) is 0. The van der Waals surface area contributed by atoms with E-state index < -0.39 is 35.2 Å². The summed E-state index contributed by atoms with van der Waals surface area (Å²) in [6, 6.07) is 12.1. The van der Waals surface area contributed by atoms with Crippen LogP contribution in [0.5, 0.6) is 0 Å². The molecule has 0 spiro atoms. The number of aromatic amines is 1. The average molecular weight is 402 g/mol. The van der Waals surface area contributed by atoms with Gasteiger partial charge in [-0.05, 0) is 17.7 Å². The molecule has 29 heavy (non-hydrogen) atoms. The van der Waals surface area contributed by atoms with Crippen LogP contribution in [-0.2, 0) is 0 Å². The number of aromatic nitrogens is 2. The van der Waals surface area contributed by atoms with Crippen molar-refractivity contribution in [1.82, 2.24) is 10.2 Å². The lowest BCUT2D eigenvalue weighted by Crippen LogP contribution is -2.18. The maximum absolute atomic E-state index is 14.3. The lowest BCUT2D eigenvalue weighted by atomic mass is 9.77. The first-order valence-corrected chi connectivity index (χ1v) is 8.85. The number of nitrogens with zero attached hydrogens (tertiary/aromatic N) is 1. The molecule has 1 N–H and O–H groups in total. The molecule has 148 valence electrons. The summed E-state index contributed by atoms with van der Waals surface area (Å²) in [4.78, 5) is 0. The number of halogens is 5. The van der Waals surface area contributed by atoms with Crippen molar-refractivity contribution in [2.24, 2.45) is 0 Å². The minimum absolute atomic E-state index is 0.0437. The third-order valence-electron chi connectivity index (χ3n) is 4.97. The zero-order chi connectivity index (χ0) is 20.6. The summed E-state index contributed by atoms with van der Waals surface area (Å²) < 4.78 is 67.8. The van der Waals surface area contributed by atoms with E-state index in [0.717, 1.165) is 29.8 Å². The first-order valence-electron chi connectivity index (χ1n) is 8.85. The van der Waals surface area contributed by atoms with Crippen LogP contribution in [0.1, 0.15) is 23.0 Å². The Labute approximate surface area is 163 Å². The summed E-state index contributed by atoms with van der Waals surface area (Å²) in [5.41, 5.74) is 0.707. The van der Waals surface area contributed by atoms with Crippen molar-refractivity contribution in [3.05, 3.63) is 101 Å². The molecular weight excluding hydrogens is 387 g/mol. The predicted molar refractivity (Wildman–Crippen MR) is 99.1 cm³/mol. The van der Waals surface area contributed by atoms with Crippen molar-refractivity contribution in [1.29, 1.82) is 0 Å². The quantitative estimate of drug-likeness (QED) is 0.513. The van der Waals surface area contributed by atoms with Gasteiger partial charge in [0.1, 0.15) is 11.6 Å². The molecule has 7 heteroatoms. The van der Waals surface area contributed by atoms with Crippen LogP contribution in [-0.4, -0.2) is 16.4 Å². The van der Waals surface area contributed by atoms with Gasteiger partial charge in [-0.25, -0.2) is 8.78 Å². The van der Waals surface area contributed by atoms with Crippen LogP contribution >= 0.6 is 0 Å². The van der Waals surface area contributed by atoms with Crippen LogP contribution in [0.2, 0.25) is 0 Å². The van der Waals surface area contributed by atoms with Gasteiger partial charge in [0.15, 0.2) is 0 Å². The molecule has 1 aliphatic carbocycles. The maximum atomic E-state index is 14.3. The Bertz CT molecular complexity index is 1080. The van der Waals surface area contributed by atoms with E-state index in [0.29, 0.717) is 5.56 Å². The molecule has 2 atom stereocenters. The van der Waals surface area contributed by atoms with E-state index in [-0.39, 0.29) is 11.3 Å². The molecule has 0 bridgehead atoms.